The fourth-order valence-electron chi connectivity index (χ4n) is 2.50. The third-order valence-electron chi connectivity index (χ3n) is 4.08. The van der Waals surface area contributed by atoms with Crippen LogP contribution < -0.4 is 11.8 Å². The van der Waals surface area contributed by atoms with Gasteiger partial charge >= 0.3 is 0 Å². The molecule has 0 saturated heterocycles. The molecule has 5 nitrogen and oxygen atoms in total. The molecular weight excluding hydrogens is 256 g/mol. The molecule has 4 N–H and O–H groups in total. The smallest absolute Gasteiger partial charge is 0.123 e. The maximum Gasteiger partial charge on any atom is 0.123 e. The minimum Gasteiger partial charge on any atom is -0.290 e. The minimum absolute atomic E-state index is 0.0473. The van der Waals surface area contributed by atoms with Crippen molar-refractivity contribution in [2.24, 2.45) is 17.2 Å². The highest BCUT2D eigenvalue weighted by Crippen LogP contribution is 2.42. The third-order valence-corrected chi connectivity index (χ3v) is 4.08. The quantitative estimate of drug-likeness (QED) is 0.445. The first-order chi connectivity index (χ1) is 9.29. The van der Waals surface area contributed by atoms with Crippen LogP contribution in [0.15, 0.2) is 36.0 Å². The molecule has 0 saturated carbocycles. The Morgan fingerprint density at radius 1 is 1.40 bits per heavy atom. The Bertz CT molecular complexity index is 415. The Morgan fingerprint density at radius 3 is 2.55 bits per heavy atom. The Balaban J connectivity index is 3.11. The second-order valence-corrected chi connectivity index (χ2v) is 6.04. The SMILES string of the molecule is C=CC(C)(/C=C/C1=C(C)C(OON)CCC1(C)C)ON. The molecular formula is C15H26N2O3. The van der Waals surface area contributed by atoms with Crippen LogP contribution in [0.4, 0.5) is 0 Å². The van der Waals surface area contributed by atoms with Gasteiger partial charge in [-0.05, 0) is 49.3 Å². The van der Waals surface area contributed by atoms with E-state index in [9.17, 15) is 0 Å². The number of hydrogen-bond donors (Lipinski definition) is 2. The van der Waals surface area contributed by atoms with Crippen molar-refractivity contribution in [3.05, 3.63) is 36.0 Å². The van der Waals surface area contributed by atoms with Gasteiger partial charge in [0.05, 0.1) is 0 Å². The Kier molecular flexibility index (Phi) is 5.68. The van der Waals surface area contributed by atoms with Gasteiger partial charge in [-0.1, -0.05) is 32.6 Å². The normalized spacial score (nSPS) is 25.8. The second-order valence-electron chi connectivity index (χ2n) is 6.04. The second kappa shape index (κ2) is 6.65. The molecule has 0 aromatic heterocycles. The summed E-state index contributed by atoms with van der Waals surface area (Å²) >= 11 is 0. The van der Waals surface area contributed by atoms with Crippen molar-refractivity contribution >= 4 is 0 Å². The summed E-state index contributed by atoms with van der Waals surface area (Å²) in [5.41, 5.74) is 1.63. The summed E-state index contributed by atoms with van der Waals surface area (Å²) < 4.78 is 0. The lowest BCUT2D eigenvalue weighted by molar-refractivity contribution is -0.323. The first kappa shape index (κ1) is 17.1. The highest BCUT2D eigenvalue weighted by atomic mass is 17.3. The first-order valence-electron chi connectivity index (χ1n) is 6.74. The van der Waals surface area contributed by atoms with Crippen LogP contribution in [0.25, 0.3) is 0 Å². The van der Waals surface area contributed by atoms with Gasteiger partial charge < -0.3 is 0 Å². The van der Waals surface area contributed by atoms with E-state index >= 15 is 0 Å². The van der Waals surface area contributed by atoms with Crippen LogP contribution >= 0.6 is 0 Å². The summed E-state index contributed by atoms with van der Waals surface area (Å²) in [4.78, 5) is 14.4. The predicted octanol–water partition coefficient (Wildman–Crippen LogP) is 2.70. The van der Waals surface area contributed by atoms with Crippen molar-refractivity contribution in [1.29, 1.82) is 0 Å². The van der Waals surface area contributed by atoms with E-state index in [1.165, 1.54) is 5.57 Å². The maximum absolute atomic E-state index is 5.31. The zero-order valence-electron chi connectivity index (χ0n) is 12.8. The zero-order valence-corrected chi connectivity index (χ0v) is 12.8. The van der Waals surface area contributed by atoms with E-state index < -0.39 is 5.60 Å². The van der Waals surface area contributed by atoms with E-state index in [1.807, 2.05) is 26.0 Å². The molecule has 2 unspecified atom stereocenters. The average molecular weight is 282 g/mol. The summed E-state index contributed by atoms with van der Waals surface area (Å²) in [6, 6.07) is 0. The molecule has 1 aliphatic carbocycles. The van der Waals surface area contributed by atoms with Gasteiger partial charge in [-0.3, -0.25) is 4.84 Å². The first-order valence-corrected chi connectivity index (χ1v) is 6.74. The fraction of sp³-hybridized carbons (Fsp3) is 0.600. The molecule has 2 atom stereocenters. The number of rotatable bonds is 6. The van der Waals surface area contributed by atoms with Crippen LogP contribution in [0.5, 0.6) is 0 Å². The summed E-state index contributed by atoms with van der Waals surface area (Å²) in [5, 5.41) is 0. The fourth-order valence-corrected chi connectivity index (χ4v) is 2.50. The van der Waals surface area contributed by atoms with E-state index in [0.717, 1.165) is 18.4 Å². The van der Waals surface area contributed by atoms with Gasteiger partial charge in [0.1, 0.15) is 11.7 Å². The molecule has 1 rings (SSSR count). The molecule has 1 aliphatic rings. The van der Waals surface area contributed by atoms with Gasteiger partial charge in [0.25, 0.3) is 0 Å². The average Bonchev–Trinajstić information content (AvgIpc) is 2.41. The van der Waals surface area contributed by atoms with Crippen molar-refractivity contribution in [1.82, 2.24) is 0 Å². The lowest BCUT2D eigenvalue weighted by Gasteiger charge is -2.36. The van der Waals surface area contributed by atoms with Crippen LogP contribution in [0.2, 0.25) is 0 Å². The molecule has 0 spiro atoms. The van der Waals surface area contributed by atoms with Gasteiger partial charge in [-0.25, -0.2) is 10.8 Å². The van der Waals surface area contributed by atoms with E-state index in [4.69, 9.17) is 21.5 Å². The van der Waals surface area contributed by atoms with Crippen molar-refractivity contribution in [3.63, 3.8) is 0 Å². The topological polar surface area (TPSA) is 79.7 Å². The summed E-state index contributed by atoms with van der Waals surface area (Å²) in [6.45, 7) is 12.0. The summed E-state index contributed by atoms with van der Waals surface area (Å²) in [5.74, 6) is 10.3. The molecule has 5 heteroatoms. The van der Waals surface area contributed by atoms with Crippen LogP contribution in [0, 0.1) is 5.41 Å². The van der Waals surface area contributed by atoms with Crippen molar-refractivity contribution in [2.75, 3.05) is 0 Å². The van der Waals surface area contributed by atoms with Crippen molar-refractivity contribution in [2.45, 2.75) is 52.2 Å². The largest absolute Gasteiger partial charge is 0.290 e. The van der Waals surface area contributed by atoms with Gasteiger partial charge in [0.2, 0.25) is 0 Å². The van der Waals surface area contributed by atoms with Crippen LogP contribution in [0.1, 0.15) is 40.5 Å². The van der Waals surface area contributed by atoms with E-state index in [0.29, 0.717) is 0 Å². The van der Waals surface area contributed by atoms with Gasteiger partial charge in [-0.2, -0.15) is 5.90 Å². The Labute approximate surface area is 121 Å². The van der Waals surface area contributed by atoms with Crippen molar-refractivity contribution < 1.29 is 14.7 Å². The Morgan fingerprint density at radius 2 is 2.05 bits per heavy atom. The summed E-state index contributed by atoms with van der Waals surface area (Å²) in [6.07, 6.45) is 7.31. The molecule has 0 radical (unpaired) electrons. The number of hydrogen-bond acceptors (Lipinski definition) is 5. The van der Waals surface area contributed by atoms with Crippen LogP contribution in [-0.2, 0) is 14.7 Å². The maximum atomic E-state index is 5.31. The lowest BCUT2D eigenvalue weighted by Crippen LogP contribution is -2.31. The van der Waals surface area contributed by atoms with E-state index in [2.05, 4.69) is 25.4 Å². The molecule has 114 valence electrons. The van der Waals surface area contributed by atoms with Crippen LogP contribution in [-0.4, -0.2) is 11.7 Å². The highest BCUT2D eigenvalue weighted by molar-refractivity contribution is 5.36. The van der Waals surface area contributed by atoms with Gasteiger partial charge in [0.15, 0.2) is 0 Å². The highest BCUT2D eigenvalue weighted by Gasteiger charge is 2.33. The third kappa shape index (κ3) is 3.77. The minimum atomic E-state index is -0.693. The Hall–Kier alpha value is -0.980. The standard InChI is InChI=1S/C15H26N2O3/c1-6-15(5,19-16)10-7-12-11(2)13(18-20-17)8-9-14(12,3)4/h6-7,10,13H,1,8-9,16-17H2,2-5H3/b10-7+. The van der Waals surface area contributed by atoms with Crippen LogP contribution in [0.3, 0.4) is 0 Å². The lowest BCUT2D eigenvalue weighted by atomic mass is 9.71. The molecule has 0 fully saturated rings. The number of allylic oxidation sites excluding steroid dienone is 2. The van der Waals surface area contributed by atoms with Crippen molar-refractivity contribution in [3.8, 4) is 0 Å². The molecule has 0 aromatic rings. The molecule has 0 aromatic carbocycles. The van der Waals surface area contributed by atoms with E-state index in [-0.39, 0.29) is 11.5 Å². The van der Waals surface area contributed by atoms with E-state index in [1.54, 1.807) is 6.08 Å². The van der Waals surface area contributed by atoms with Gasteiger partial charge in [0, 0.05) is 0 Å². The summed E-state index contributed by atoms with van der Waals surface area (Å²) in [7, 11) is 0. The zero-order chi connectivity index (χ0) is 15.4. The molecule has 0 amide bonds. The predicted molar refractivity (Wildman–Crippen MR) is 78.9 cm³/mol. The monoisotopic (exact) mass is 282 g/mol. The molecule has 0 bridgehead atoms. The molecule has 20 heavy (non-hydrogen) atoms. The van der Waals surface area contributed by atoms with Gasteiger partial charge in [-0.15, -0.1) is 4.99 Å². The molecule has 0 aliphatic heterocycles. The number of nitrogens with two attached hydrogens (primary N) is 2. The molecule has 0 heterocycles.